The summed E-state index contributed by atoms with van der Waals surface area (Å²) in [4.78, 5) is 26.7. The van der Waals surface area contributed by atoms with E-state index in [-0.39, 0.29) is 18.4 Å². The van der Waals surface area contributed by atoms with Crippen LogP contribution in [0.4, 0.5) is 11.4 Å². The minimum atomic E-state index is -0.259. The number of nitrogens with zero attached hydrogens (tertiary/aromatic N) is 1. The molecule has 1 aliphatic heterocycles. The number of hydrogen-bond donors (Lipinski definition) is 1. The molecule has 3 aromatic rings. The zero-order valence-electron chi connectivity index (χ0n) is 17.7. The molecule has 0 spiro atoms. The molecule has 2 amide bonds. The Morgan fingerprint density at radius 3 is 2.66 bits per heavy atom. The molecule has 7 heteroatoms. The van der Waals surface area contributed by atoms with Gasteiger partial charge in [0.15, 0.2) is 6.61 Å². The molecule has 0 atom stereocenters. The topological polar surface area (TPSA) is 77.1 Å². The van der Waals surface area contributed by atoms with Gasteiger partial charge in [0.05, 0.1) is 19.4 Å². The second-order valence-electron chi connectivity index (χ2n) is 7.22. The molecule has 0 bridgehead atoms. The molecule has 3 aromatic carbocycles. The predicted molar refractivity (Wildman–Crippen MR) is 122 cm³/mol. The third-order valence-corrected chi connectivity index (χ3v) is 5.03. The van der Waals surface area contributed by atoms with Crippen molar-refractivity contribution in [1.29, 1.82) is 0 Å². The van der Waals surface area contributed by atoms with Crippen molar-refractivity contribution in [2.45, 2.75) is 6.42 Å². The highest BCUT2D eigenvalue weighted by atomic mass is 16.5. The smallest absolute Gasteiger partial charge is 0.265 e. The number of methoxy groups -OCH3 is 1. The van der Waals surface area contributed by atoms with Crippen LogP contribution in [0.5, 0.6) is 17.2 Å². The van der Waals surface area contributed by atoms with Crippen LogP contribution in [0.3, 0.4) is 0 Å². The van der Waals surface area contributed by atoms with E-state index >= 15 is 0 Å². The number of carbonyl (C=O) groups excluding carboxylic acids is 2. The molecule has 32 heavy (non-hydrogen) atoms. The Morgan fingerprint density at radius 2 is 1.84 bits per heavy atom. The highest BCUT2D eigenvalue weighted by Crippen LogP contribution is 2.34. The summed E-state index contributed by atoms with van der Waals surface area (Å²) in [5, 5.41) is 2.86. The van der Waals surface area contributed by atoms with Crippen LogP contribution in [-0.4, -0.2) is 38.7 Å². The summed E-state index contributed by atoms with van der Waals surface area (Å²) in [6.45, 7) is 0.968. The van der Waals surface area contributed by atoms with Crippen molar-refractivity contribution in [2.75, 3.05) is 37.1 Å². The summed E-state index contributed by atoms with van der Waals surface area (Å²) in [7, 11) is 1.55. The van der Waals surface area contributed by atoms with Crippen molar-refractivity contribution in [3.63, 3.8) is 0 Å². The Bertz CT molecular complexity index is 1100. The molecule has 0 aromatic heterocycles. The lowest BCUT2D eigenvalue weighted by atomic mass is 10.1. The maximum absolute atomic E-state index is 12.6. The average Bonchev–Trinajstić information content (AvgIpc) is 2.83. The van der Waals surface area contributed by atoms with E-state index in [4.69, 9.17) is 14.2 Å². The van der Waals surface area contributed by atoms with Gasteiger partial charge in [0.2, 0.25) is 0 Å². The van der Waals surface area contributed by atoms with Gasteiger partial charge < -0.3 is 24.4 Å². The monoisotopic (exact) mass is 432 g/mol. The summed E-state index contributed by atoms with van der Waals surface area (Å²) >= 11 is 0. The van der Waals surface area contributed by atoms with Gasteiger partial charge in [-0.05, 0) is 48.9 Å². The molecule has 1 N–H and O–H groups in total. The molecule has 164 valence electrons. The van der Waals surface area contributed by atoms with Crippen LogP contribution in [0.15, 0.2) is 72.8 Å². The van der Waals surface area contributed by atoms with Gasteiger partial charge in [0.1, 0.15) is 17.2 Å². The highest BCUT2D eigenvalue weighted by molar-refractivity contribution is 6.05. The van der Waals surface area contributed by atoms with Crippen LogP contribution < -0.4 is 24.4 Å². The molecular formula is C25H24N2O5. The molecule has 0 radical (unpaired) electrons. The van der Waals surface area contributed by atoms with E-state index in [1.807, 2.05) is 30.3 Å². The molecule has 1 aliphatic rings. The van der Waals surface area contributed by atoms with E-state index in [1.54, 1.807) is 54.5 Å². The Morgan fingerprint density at radius 1 is 1.03 bits per heavy atom. The van der Waals surface area contributed by atoms with Crippen LogP contribution in [0, 0.1) is 0 Å². The number of hydrogen-bond acceptors (Lipinski definition) is 5. The molecule has 0 fully saturated rings. The molecule has 0 saturated heterocycles. The summed E-state index contributed by atoms with van der Waals surface area (Å²) in [6.07, 6.45) is 0.675. The fourth-order valence-corrected chi connectivity index (χ4v) is 3.42. The lowest BCUT2D eigenvalue weighted by Gasteiger charge is -2.29. The van der Waals surface area contributed by atoms with Crippen LogP contribution in [0.25, 0.3) is 0 Å². The van der Waals surface area contributed by atoms with E-state index in [1.165, 1.54) is 0 Å². The zero-order chi connectivity index (χ0) is 22.3. The number of para-hydroxylation sites is 1. The largest absolute Gasteiger partial charge is 0.497 e. The number of benzene rings is 3. The lowest BCUT2D eigenvalue weighted by molar-refractivity contribution is -0.121. The number of ether oxygens (including phenoxy) is 3. The van der Waals surface area contributed by atoms with E-state index < -0.39 is 0 Å². The van der Waals surface area contributed by atoms with Gasteiger partial charge in [0.25, 0.3) is 11.8 Å². The summed E-state index contributed by atoms with van der Waals surface area (Å²) in [5.74, 6) is 1.60. The number of nitrogens with one attached hydrogen (secondary N) is 1. The normalized spacial score (nSPS) is 12.5. The molecule has 1 heterocycles. The van der Waals surface area contributed by atoms with E-state index in [2.05, 4.69) is 5.32 Å². The lowest BCUT2D eigenvalue weighted by Crippen LogP contribution is -2.39. The number of carbonyl (C=O) groups is 2. The van der Waals surface area contributed by atoms with Crippen molar-refractivity contribution in [1.82, 2.24) is 0 Å². The van der Waals surface area contributed by atoms with Gasteiger partial charge in [-0.15, -0.1) is 0 Å². The number of anilines is 2. The van der Waals surface area contributed by atoms with E-state index in [0.29, 0.717) is 48.0 Å². The van der Waals surface area contributed by atoms with Crippen molar-refractivity contribution >= 4 is 23.2 Å². The Hall–Kier alpha value is -4.00. The maximum Gasteiger partial charge on any atom is 0.265 e. The number of rotatable bonds is 8. The fourth-order valence-electron chi connectivity index (χ4n) is 3.42. The van der Waals surface area contributed by atoms with Crippen LogP contribution >= 0.6 is 0 Å². The van der Waals surface area contributed by atoms with Crippen LogP contribution in [0.1, 0.15) is 16.8 Å². The van der Waals surface area contributed by atoms with Gasteiger partial charge in [-0.1, -0.05) is 24.3 Å². The van der Waals surface area contributed by atoms with E-state index in [9.17, 15) is 9.59 Å². The summed E-state index contributed by atoms with van der Waals surface area (Å²) in [6, 6.07) is 21.8. The molecule has 0 saturated carbocycles. The second-order valence-corrected chi connectivity index (χ2v) is 7.22. The SMILES string of the molecule is COc1cccc(C(=O)Nc2ccc3c(c2)OCC(=O)N3CCCOc2ccccc2)c1. The molecule has 4 rings (SSSR count). The number of fused-ring (bicyclic) bond motifs is 1. The number of amides is 2. The molecule has 0 aliphatic carbocycles. The predicted octanol–water partition coefficient (Wildman–Crippen LogP) is 4.14. The van der Waals surface area contributed by atoms with Gasteiger partial charge >= 0.3 is 0 Å². The molecule has 7 nitrogen and oxygen atoms in total. The van der Waals surface area contributed by atoms with E-state index in [0.717, 1.165) is 5.75 Å². The summed E-state index contributed by atoms with van der Waals surface area (Å²) in [5.41, 5.74) is 1.75. The Balaban J connectivity index is 1.40. The maximum atomic E-state index is 12.6. The third kappa shape index (κ3) is 5.00. The zero-order valence-corrected chi connectivity index (χ0v) is 17.7. The van der Waals surface area contributed by atoms with Crippen molar-refractivity contribution in [2.24, 2.45) is 0 Å². The first kappa shape index (κ1) is 21.2. The van der Waals surface area contributed by atoms with Gasteiger partial charge in [-0.3, -0.25) is 9.59 Å². The van der Waals surface area contributed by atoms with Crippen molar-refractivity contribution < 1.29 is 23.8 Å². The van der Waals surface area contributed by atoms with Crippen molar-refractivity contribution in [3.05, 3.63) is 78.4 Å². The molecular weight excluding hydrogens is 408 g/mol. The van der Waals surface area contributed by atoms with Crippen molar-refractivity contribution in [3.8, 4) is 17.2 Å². The Kier molecular flexibility index (Phi) is 6.55. The quantitative estimate of drug-likeness (QED) is 0.542. The minimum Gasteiger partial charge on any atom is -0.497 e. The standard InChI is InChI=1S/C25H24N2O5/c1-30-21-10-5-7-18(15-21)25(29)26-19-11-12-22-23(16-19)32-17-24(28)27(22)13-6-14-31-20-8-3-2-4-9-20/h2-5,7-12,15-16H,6,13-14,17H2,1H3,(H,26,29). The Labute approximate surface area is 186 Å². The average molecular weight is 432 g/mol. The minimum absolute atomic E-state index is 0.0418. The highest BCUT2D eigenvalue weighted by Gasteiger charge is 2.25. The van der Waals surface area contributed by atoms with Gasteiger partial charge in [-0.25, -0.2) is 0 Å². The fraction of sp³-hybridized carbons (Fsp3) is 0.200. The first-order valence-corrected chi connectivity index (χ1v) is 10.3. The summed E-state index contributed by atoms with van der Waals surface area (Å²) < 4.78 is 16.5. The van der Waals surface area contributed by atoms with Crippen LogP contribution in [-0.2, 0) is 4.79 Å². The first-order chi connectivity index (χ1) is 15.6. The third-order valence-electron chi connectivity index (χ3n) is 5.03. The molecule has 0 unspecified atom stereocenters. The second kappa shape index (κ2) is 9.87. The first-order valence-electron chi connectivity index (χ1n) is 10.3. The van der Waals surface area contributed by atoms with Gasteiger partial charge in [-0.2, -0.15) is 0 Å². The van der Waals surface area contributed by atoms with Gasteiger partial charge in [0, 0.05) is 23.9 Å². The van der Waals surface area contributed by atoms with Crippen LogP contribution in [0.2, 0.25) is 0 Å².